The lowest BCUT2D eigenvalue weighted by Gasteiger charge is -2.10. The molecule has 0 spiro atoms. The van der Waals surface area contributed by atoms with Gasteiger partial charge in [-0.25, -0.2) is 0 Å². The first-order valence-corrected chi connectivity index (χ1v) is 9.86. The highest BCUT2D eigenvalue weighted by Gasteiger charge is 2.16. The van der Waals surface area contributed by atoms with Crippen LogP contribution in [0.15, 0.2) is 41.4 Å². The Kier molecular flexibility index (Phi) is 5.96. The van der Waals surface area contributed by atoms with E-state index in [1.807, 2.05) is 0 Å². The van der Waals surface area contributed by atoms with Crippen molar-refractivity contribution in [3.63, 3.8) is 0 Å². The highest BCUT2D eigenvalue weighted by atomic mass is 32.1. The number of carbonyl (C=O) groups is 1. The Morgan fingerprint density at radius 2 is 1.96 bits per heavy atom. The molecule has 1 heterocycles. The summed E-state index contributed by atoms with van der Waals surface area (Å²) in [5.74, 6) is 0.590. The van der Waals surface area contributed by atoms with Crippen molar-refractivity contribution in [2.45, 2.75) is 33.2 Å². The number of rotatable bonds is 6. The van der Waals surface area contributed by atoms with Crippen LogP contribution < -0.4 is 14.3 Å². The van der Waals surface area contributed by atoms with Gasteiger partial charge in [-0.3, -0.25) is 4.79 Å². The molecule has 1 aromatic heterocycles. The van der Waals surface area contributed by atoms with Gasteiger partial charge in [-0.15, -0.1) is 0 Å². The second-order valence-corrected chi connectivity index (χ2v) is 7.16. The zero-order valence-corrected chi connectivity index (χ0v) is 16.9. The smallest absolute Gasteiger partial charge is 0.283 e. The van der Waals surface area contributed by atoms with E-state index >= 15 is 0 Å². The minimum atomic E-state index is -0.335. The lowest BCUT2D eigenvalue weighted by Crippen LogP contribution is -2.17. The maximum Gasteiger partial charge on any atom is 0.283 e. The summed E-state index contributed by atoms with van der Waals surface area (Å²) in [6, 6.07) is 11.7. The molecular formula is C21H24N2O3S. The Morgan fingerprint density at radius 1 is 1.15 bits per heavy atom. The third-order valence-electron chi connectivity index (χ3n) is 4.43. The van der Waals surface area contributed by atoms with Crippen LogP contribution in [0.5, 0.6) is 11.5 Å². The second-order valence-electron chi connectivity index (χ2n) is 6.15. The molecule has 0 bridgehead atoms. The number of hydrogen-bond acceptors (Lipinski definition) is 4. The molecule has 6 heteroatoms. The Bertz CT molecular complexity index is 1030. The number of amides is 1. The summed E-state index contributed by atoms with van der Waals surface area (Å²) in [7, 11) is 3.08. The van der Waals surface area contributed by atoms with Crippen LogP contribution in [0.25, 0.3) is 10.2 Å². The van der Waals surface area contributed by atoms with E-state index in [0.29, 0.717) is 21.9 Å². The molecule has 3 rings (SSSR count). The monoisotopic (exact) mass is 384 g/mol. The van der Waals surface area contributed by atoms with Gasteiger partial charge in [-0.05, 0) is 42.7 Å². The molecule has 0 saturated heterocycles. The standard InChI is InChI=1S/C21H24N2O3S/c1-5-12-23-16-11-10-14(6-2)13-18(16)27-21(23)22-20(24)15-8-7-9-17(25-3)19(15)26-4/h7-11,13H,5-6,12H2,1-4H3. The molecule has 1 amide bonds. The summed E-state index contributed by atoms with van der Waals surface area (Å²) in [6.07, 6.45) is 1.94. The van der Waals surface area contributed by atoms with Gasteiger partial charge in [-0.2, -0.15) is 4.99 Å². The van der Waals surface area contributed by atoms with Crippen LogP contribution in [-0.2, 0) is 13.0 Å². The van der Waals surface area contributed by atoms with Crippen molar-refractivity contribution in [3.8, 4) is 11.5 Å². The fourth-order valence-corrected chi connectivity index (χ4v) is 4.18. The number of fused-ring (bicyclic) bond motifs is 1. The van der Waals surface area contributed by atoms with Crippen LogP contribution in [0.1, 0.15) is 36.2 Å². The molecule has 0 aliphatic rings. The lowest BCUT2D eigenvalue weighted by molar-refractivity contribution is 0.0994. The van der Waals surface area contributed by atoms with E-state index in [9.17, 15) is 4.79 Å². The number of thiazole rings is 1. The third-order valence-corrected chi connectivity index (χ3v) is 5.47. The quantitative estimate of drug-likeness (QED) is 0.632. The zero-order valence-electron chi connectivity index (χ0n) is 16.1. The van der Waals surface area contributed by atoms with Crippen LogP contribution in [0.2, 0.25) is 0 Å². The third kappa shape index (κ3) is 3.76. The van der Waals surface area contributed by atoms with Gasteiger partial charge in [0.05, 0.1) is 30.0 Å². The van der Waals surface area contributed by atoms with Crippen molar-refractivity contribution in [1.82, 2.24) is 4.57 Å². The molecule has 0 atom stereocenters. The summed E-state index contributed by atoms with van der Waals surface area (Å²) in [5.41, 5.74) is 2.79. The summed E-state index contributed by atoms with van der Waals surface area (Å²) in [6.45, 7) is 5.07. The second kappa shape index (κ2) is 8.39. The van der Waals surface area contributed by atoms with Gasteiger partial charge >= 0.3 is 0 Å². The zero-order chi connectivity index (χ0) is 19.4. The van der Waals surface area contributed by atoms with Crippen LogP contribution in [0.3, 0.4) is 0 Å². The first-order valence-electron chi connectivity index (χ1n) is 9.05. The molecule has 2 aromatic carbocycles. The number of methoxy groups -OCH3 is 2. The van der Waals surface area contributed by atoms with E-state index in [-0.39, 0.29) is 5.91 Å². The number of aromatic nitrogens is 1. The number of benzene rings is 2. The number of carbonyl (C=O) groups excluding carboxylic acids is 1. The first kappa shape index (κ1) is 19.2. The van der Waals surface area contributed by atoms with Gasteiger partial charge in [0.1, 0.15) is 0 Å². The number of nitrogens with zero attached hydrogens (tertiary/aromatic N) is 2. The Hall–Kier alpha value is -2.60. The van der Waals surface area contributed by atoms with Gasteiger partial charge in [-0.1, -0.05) is 37.3 Å². The molecule has 0 radical (unpaired) electrons. The molecule has 0 fully saturated rings. The van der Waals surface area contributed by atoms with E-state index in [2.05, 4.69) is 41.6 Å². The van der Waals surface area contributed by atoms with Crippen molar-refractivity contribution in [2.75, 3.05) is 14.2 Å². The Labute approximate surface area is 162 Å². The molecule has 0 unspecified atom stereocenters. The van der Waals surface area contributed by atoms with Crippen LogP contribution in [0.4, 0.5) is 0 Å². The topological polar surface area (TPSA) is 52.8 Å². The lowest BCUT2D eigenvalue weighted by atomic mass is 10.1. The van der Waals surface area contributed by atoms with E-state index in [4.69, 9.17) is 9.47 Å². The number of hydrogen-bond donors (Lipinski definition) is 0. The fourth-order valence-electron chi connectivity index (χ4n) is 3.07. The number of para-hydroxylation sites is 1. The number of aryl methyl sites for hydroxylation is 2. The van der Waals surface area contributed by atoms with Crippen molar-refractivity contribution < 1.29 is 14.3 Å². The predicted octanol–water partition coefficient (Wildman–Crippen LogP) is 4.43. The molecule has 142 valence electrons. The maximum absolute atomic E-state index is 12.9. The van der Waals surface area contributed by atoms with Gasteiger partial charge in [0.2, 0.25) is 0 Å². The molecule has 27 heavy (non-hydrogen) atoms. The maximum atomic E-state index is 12.9. The summed E-state index contributed by atoms with van der Waals surface area (Å²) in [5, 5.41) is 0. The largest absolute Gasteiger partial charge is 0.493 e. The molecule has 0 N–H and O–H groups in total. The van der Waals surface area contributed by atoms with Crippen LogP contribution >= 0.6 is 11.3 Å². The Balaban J connectivity index is 2.15. The number of ether oxygens (including phenoxy) is 2. The van der Waals surface area contributed by atoms with Crippen LogP contribution in [0, 0.1) is 0 Å². The molecule has 0 saturated carbocycles. The minimum absolute atomic E-state index is 0.335. The van der Waals surface area contributed by atoms with Gasteiger partial charge in [0.25, 0.3) is 5.91 Å². The summed E-state index contributed by atoms with van der Waals surface area (Å²) < 4.78 is 13.9. The van der Waals surface area contributed by atoms with Gasteiger partial charge < -0.3 is 14.0 Å². The highest BCUT2D eigenvalue weighted by Crippen LogP contribution is 2.31. The molecule has 5 nitrogen and oxygen atoms in total. The molecule has 0 aliphatic heterocycles. The van der Waals surface area contributed by atoms with E-state index in [1.165, 1.54) is 12.7 Å². The summed E-state index contributed by atoms with van der Waals surface area (Å²) >= 11 is 1.54. The van der Waals surface area contributed by atoms with Crippen LogP contribution in [-0.4, -0.2) is 24.7 Å². The molecular weight excluding hydrogens is 360 g/mol. The van der Waals surface area contributed by atoms with E-state index in [0.717, 1.165) is 29.6 Å². The van der Waals surface area contributed by atoms with Crippen molar-refractivity contribution in [3.05, 3.63) is 52.3 Å². The van der Waals surface area contributed by atoms with Crippen molar-refractivity contribution in [2.24, 2.45) is 4.99 Å². The first-order chi connectivity index (χ1) is 13.1. The molecule has 3 aromatic rings. The average Bonchev–Trinajstić information content (AvgIpc) is 3.03. The van der Waals surface area contributed by atoms with E-state index in [1.54, 1.807) is 36.6 Å². The van der Waals surface area contributed by atoms with Gasteiger partial charge in [0, 0.05) is 6.54 Å². The minimum Gasteiger partial charge on any atom is -0.493 e. The van der Waals surface area contributed by atoms with Crippen molar-refractivity contribution in [1.29, 1.82) is 0 Å². The highest BCUT2D eigenvalue weighted by molar-refractivity contribution is 7.16. The average molecular weight is 385 g/mol. The van der Waals surface area contributed by atoms with Gasteiger partial charge in [0.15, 0.2) is 16.3 Å². The Morgan fingerprint density at radius 3 is 2.63 bits per heavy atom. The summed E-state index contributed by atoms with van der Waals surface area (Å²) in [4.78, 5) is 18.0. The normalized spacial score (nSPS) is 11.8. The predicted molar refractivity (Wildman–Crippen MR) is 109 cm³/mol. The van der Waals surface area contributed by atoms with Crippen molar-refractivity contribution >= 4 is 27.5 Å². The van der Waals surface area contributed by atoms with E-state index < -0.39 is 0 Å². The fraction of sp³-hybridized carbons (Fsp3) is 0.333. The SMILES string of the molecule is CCCn1c(=NC(=O)c2cccc(OC)c2OC)sc2cc(CC)ccc21. The molecule has 0 aliphatic carbocycles.